The molecule has 0 N–H and O–H groups in total. The molecule has 0 aromatic carbocycles. The molecule has 0 unspecified atom stereocenters. The van der Waals surface area contributed by atoms with E-state index >= 15 is 0 Å². The molecular formula is C3H7NOS. The largest absolute Gasteiger partial charge is 0.299 e. The molecule has 0 saturated heterocycles. The molecule has 0 bridgehead atoms. The van der Waals surface area contributed by atoms with Gasteiger partial charge in [0.05, 0.1) is 7.11 Å². The lowest BCUT2D eigenvalue weighted by atomic mass is 10.9. The first-order valence-electron chi connectivity index (χ1n) is 1.59. The number of hydrogen-bond acceptors (Lipinski definition) is 3. The molecule has 6 heavy (non-hydrogen) atoms. The molecule has 0 saturated carbocycles. The van der Waals surface area contributed by atoms with Gasteiger partial charge in [-0.2, -0.15) is 0 Å². The fourth-order valence-corrected chi connectivity index (χ4v) is 0.258. The smallest absolute Gasteiger partial charge is 0.135 e. The summed E-state index contributed by atoms with van der Waals surface area (Å²) in [5.41, 5.74) is 0. The van der Waals surface area contributed by atoms with Crippen molar-refractivity contribution in [3.63, 3.8) is 0 Å². The molecule has 0 atom stereocenters. The highest BCUT2D eigenvalue weighted by atomic mass is 32.2. The lowest BCUT2D eigenvalue weighted by Gasteiger charge is -1.78. The van der Waals surface area contributed by atoms with Gasteiger partial charge < -0.3 is 0 Å². The van der Waals surface area contributed by atoms with Crippen molar-refractivity contribution in [2.45, 2.75) is 6.92 Å². The average Bonchev–Trinajstić information content (AvgIpc) is 1.61. The van der Waals surface area contributed by atoms with E-state index in [0.717, 1.165) is 12.2 Å². The number of hydrogen-bond donors (Lipinski definition) is 0. The fourth-order valence-electron chi connectivity index (χ4n) is 0.0861. The lowest BCUT2D eigenvalue weighted by Crippen LogP contribution is -1.58. The minimum atomic E-state index is 1.08. The van der Waals surface area contributed by atoms with Crippen LogP contribution in [-0.2, 0) is 4.18 Å². The molecule has 0 amide bonds. The molecule has 0 aromatic heterocycles. The molecule has 0 radical (unpaired) electrons. The topological polar surface area (TPSA) is 21.6 Å². The maximum Gasteiger partial charge on any atom is 0.135 e. The quantitative estimate of drug-likeness (QED) is 0.300. The summed E-state index contributed by atoms with van der Waals surface area (Å²) >= 11 is 1.08. The molecule has 0 heterocycles. The first kappa shape index (κ1) is 5.98. The Kier molecular flexibility index (Phi) is 4.96. The zero-order valence-electron chi connectivity index (χ0n) is 3.84. The van der Waals surface area contributed by atoms with Crippen LogP contribution >= 0.6 is 12.2 Å². The van der Waals surface area contributed by atoms with Crippen LogP contribution < -0.4 is 0 Å². The van der Waals surface area contributed by atoms with Crippen LogP contribution in [0.1, 0.15) is 6.92 Å². The molecule has 36 valence electrons. The highest BCUT2D eigenvalue weighted by molar-refractivity contribution is 7.93. The Morgan fingerprint density at radius 2 is 2.50 bits per heavy atom. The third kappa shape index (κ3) is 3.98. The number of rotatable bonds is 2. The van der Waals surface area contributed by atoms with Gasteiger partial charge in [-0.15, -0.1) is 0 Å². The first-order chi connectivity index (χ1) is 2.91. The summed E-state index contributed by atoms with van der Waals surface area (Å²) < 4.78 is 8.16. The minimum absolute atomic E-state index is 1.08. The normalized spacial score (nSPS) is 10.3. The van der Waals surface area contributed by atoms with Crippen molar-refractivity contribution in [2.75, 3.05) is 7.11 Å². The van der Waals surface area contributed by atoms with E-state index in [9.17, 15) is 0 Å². The van der Waals surface area contributed by atoms with Gasteiger partial charge in [0, 0.05) is 6.21 Å². The zero-order valence-corrected chi connectivity index (χ0v) is 4.66. The maximum absolute atomic E-state index is 4.50. The Hall–Kier alpha value is -0.0200. The molecule has 0 rings (SSSR count). The van der Waals surface area contributed by atoms with E-state index in [1.165, 1.54) is 0 Å². The second-order valence-corrected chi connectivity index (χ2v) is 1.30. The summed E-state index contributed by atoms with van der Waals surface area (Å²) in [4.78, 5) is 0. The average molecular weight is 105 g/mol. The van der Waals surface area contributed by atoms with Crippen LogP contribution in [0.25, 0.3) is 0 Å². The highest BCUT2D eigenvalue weighted by Gasteiger charge is 1.64. The van der Waals surface area contributed by atoms with Crippen LogP contribution in [0, 0.1) is 0 Å². The summed E-state index contributed by atoms with van der Waals surface area (Å²) in [6.45, 7) is 1.84. The van der Waals surface area contributed by atoms with Gasteiger partial charge in [0.15, 0.2) is 0 Å². The van der Waals surface area contributed by atoms with Gasteiger partial charge in [0.25, 0.3) is 0 Å². The Bertz CT molecular complexity index is 46.1. The van der Waals surface area contributed by atoms with Crippen LogP contribution in [0.5, 0.6) is 0 Å². The van der Waals surface area contributed by atoms with Crippen LogP contribution in [0.3, 0.4) is 0 Å². The molecule has 2 nitrogen and oxygen atoms in total. The Morgan fingerprint density at radius 3 is 2.67 bits per heavy atom. The molecule has 0 aliphatic carbocycles. The molecule has 0 fully saturated rings. The number of nitrogens with zero attached hydrogens (tertiary/aromatic N) is 1. The molecular weight excluding hydrogens is 98.1 g/mol. The van der Waals surface area contributed by atoms with Crippen LogP contribution in [-0.4, -0.2) is 13.3 Å². The van der Waals surface area contributed by atoms with Gasteiger partial charge >= 0.3 is 0 Å². The van der Waals surface area contributed by atoms with Crippen molar-refractivity contribution in [2.24, 2.45) is 4.40 Å². The maximum atomic E-state index is 4.50. The molecule has 0 spiro atoms. The first-order valence-corrected chi connectivity index (χ1v) is 2.29. The summed E-state index contributed by atoms with van der Waals surface area (Å²) in [6, 6.07) is 0. The van der Waals surface area contributed by atoms with Gasteiger partial charge in [0.1, 0.15) is 12.2 Å². The fraction of sp³-hybridized carbons (Fsp3) is 0.667. The van der Waals surface area contributed by atoms with E-state index < -0.39 is 0 Å². The zero-order chi connectivity index (χ0) is 4.83. The van der Waals surface area contributed by atoms with E-state index in [1.54, 1.807) is 13.3 Å². The van der Waals surface area contributed by atoms with Crippen LogP contribution in [0.15, 0.2) is 4.40 Å². The molecule has 3 heteroatoms. The second kappa shape index (κ2) is 4.98. The van der Waals surface area contributed by atoms with E-state index in [1.807, 2.05) is 6.92 Å². The Labute approximate surface area is 41.9 Å². The lowest BCUT2D eigenvalue weighted by molar-refractivity contribution is 0.491. The van der Waals surface area contributed by atoms with Crippen LogP contribution in [0.2, 0.25) is 0 Å². The summed E-state index contributed by atoms with van der Waals surface area (Å²) in [5.74, 6) is 0. The molecule has 0 aliphatic heterocycles. The molecule has 0 aliphatic rings. The van der Waals surface area contributed by atoms with Gasteiger partial charge in [0.2, 0.25) is 0 Å². The van der Waals surface area contributed by atoms with Gasteiger partial charge in [-0.1, -0.05) is 0 Å². The predicted octanol–water partition coefficient (Wildman–Crippen LogP) is 1.29. The van der Waals surface area contributed by atoms with Gasteiger partial charge in [-0.3, -0.25) is 4.18 Å². The van der Waals surface area contributed by atoms with Crippen molar-refractivity contribution >= 4 is 18.4 Å². The van der Waals surface area contributed by atoms with Crippen molar-refractivity contribution in [3.05, 3.63) is 0 Å². The molecule has 0 aromatic rings. The van der Waals surface area contributed by atoms with Crippen molar-refractivity contribution in [3.8, 4) is 0 Å². The third-order valence-corrected chi connectivity index (χ3v) is 0.669. The summed E-state index contributed by atoms with van der Waals surface area (Å²) in [6.07, 6.45) is 1.67. The van der Waals surface area contributed by atoms with Gasteiger partial charge in [-0.25, -0.2) is 4.40 Å². The van der Waals surface area contributed by atoms with E-state index in [0.29, 0.717) is 0 Å². The Morgan fingerprint density at radius 1 is 1.83 bits per heavy atom. The standard InChI is InChI=1S/C3H7NOS/c1-3-4-6-5-2/h3H,1-2H3/b4-3-. The second-order valence-electron chi connectivity index (χ2n) is 0.605. The summed E-state index contributed by atoms with van der Waals surface area (Å²) in [7, 11) is 1.58. The monoisotopic (exact) mass is 105 g/mol. The van der Waals surface area contributed by atoms with Crippen molar-refractivity contribution in [1.82, 2.24) is 0 Å². The van der Waals surface area contributed by atoms with Crippen molar-refractivity contribution in [1.29, 1.82) is 0 Å². The van der Waals surface area contributed by atoms with Gasteiger partial charge in [-0.05, 0) is 6.92 Å². The Balaban J connectivity index is 2.66. The van der Waals surface area contributed by atoms with Crippen LogP contribution in [0.4, 0.5) is 0 Å². The van der Waals surface area contributed by atoms with E-state index in [4.69, 9.17) is 0 Å². The SMILES string of the molecule is C/C=N\SOC. The van der Waals surface area contributed by atoms with E-state index in [2.05, 4.69) is 8.58 Å². The van der Waals surface area contributed by atoms with E-state index in [-0.39, 0.29) is 0 Å². The van der Waals surface area contributed by atoms with Crippen molar-refractivity contribution < 1.29 is 4.18 Å². The third-order valence-electron chi connectivity index (χ3n) is 0.223. The highest BCUT2D eigenvalue weighted by Crippen LogP contribution is 1.96. The summed E-state index contributed by atoms with van der Waals surface area (Å²) in [5, 5.41) is 0. The predicted molar refractivity (Wildman–Crippen MR) is 28.8 cm³/mol. The minimum Gasteiger partial charge on any atom is -0.299 e.